The molecule has 2 aliphatic rings. The molecular weight excluding hydrogens is 263 g/mol. The van der Waals surface area contributed by atoms with Crippen molar-refractivity contribution in [2.24, 2.45) is 0 Å². The van der Waals surface area contributed by atoms with E-state index in [0.717, 1.165) is 12.1 Å². The van der Waals surface area contributed by atoms with Gasteiger partial charge in [0.1, 0.15) is 0 Å². The average molecular weight is 280 g/mol. The summed E-state index contributed by atoms with van der Waals surface area (Å²) in [7, 11) is 2.27. The highest BCUT2D eigenvalue weighted by molar-refractivity contribution is 14.1. The molecule has 0 bridgehead atoms. The van der Waals surface area contributed by atoms with Crippen LogP contribution in [0.2, 0.25) is 0 Å². The molecule has 0 spiro atoms. The molecule has 3 unspecified atom stereocenters. The Balaban J connectivity index is 2.14. The number of hydrogen-bond acceptors (Lipinski definition) is 2. The van der Waals surface area contributed by atoms with Crippen molar-refractivity contribution in [3.05, 3.63) is 0 Å². The van der Waals surface area contributed by atoms with E-state index in [1.807, 2.05) is 0 Å². The quantitative estimate of drug-likeness (QED) is 0.496. The van der Waals surface area contributed by atoms with Gasteiger partial charge >= 0.3 is 0 Å². The van der Waals surface area contributed by atoms with Crippen LogP contribution in [0.25, 0.3) is 0 Å². The Morgan fingerprint density at radius 1 is 1.17 bits per heavy atom. The number of fused-ring (bicyclic) bond motifs is 1. The van der Waals surface area contributed by atoms with Crippen LogP contribution in [-0.4, -0.2) is 33.3 Å². The molecule has 0 aromatic carbocycles. The van der Waals surface area contributed by atoms with Gasteiger partial charge in [0, 0.05) is 34.9 Å². The van der Waals surface area contributed by atoms with E-state index in [0.29, 0.717) is 6.17 Å². The lowest BCUT2D eigenvalue weighted by molar-refractivity contribution is 0.210. The lowest BCUT2D eigenvalue weighted by Gasteiger charge is -2.29. The zero-order valence-corrected chi connectivity index (χ0v) is 9.99. The summed E-state index contributed by atoms with van der Waals surface area (Å²) in [4.78, 5) is 2.54. The van der Waals surface area contributed by atoms with E-state index in [2.05, 4.69) is 44.8 Å². The molecule has 70 valence electrons. The number of likely N-dealkylation sites (N-methyl/N-ethyl adjacent to an activating group) is 1. The molecule has 1 aliphatic heterocycles. The number of nitrogens with zero attached hydrogens (tertiary/aromatic N) is 2. The molecule has 0 N–H and O–H groups in total. The predicted octanol–water partition coefficient (Wildman–Crippen LogP) is 2.24. The van der Waals surface area contributed by atoms with E-state index < -0.39 is 0 Å². The third-order valence-electron chi connectivity index (χ3n) is 3.48. The van der Waals surface area contributed by atoms with Gasteiger partial charge in [-0.2, -0.15) is 0 Å². The fourth-order valence-corrected chi connectivity index (χ4v) is 3.63. The summed E-state index contributed by atoms with van der Waals surface area (Å²) in [5.41, 5.74) is 0. The van der Waals surface area contributed by atoms with E-state index in [-0.39, 0.29) is 0 Å². The molecule has 2 nitrogen and oxygen atoms in total. The maximum atomic E-state index is 2.54. The summed E-state index contributed by atoms with van der Waals surface area (Å²) in [6.07, 6.45) is 6.32. The van der Waals surface area contributed by atoms with Gasteiger partial charge in [0.25, 0.3) is 0 Å². The lowest BCUT2D eigenvalue weighted by Crippen LogP contribution is -2.36. The number of rotatable bonds is 0. The first-order valence-corrected chi connectivity index (χ1v) is 5.84. The maximum absolute atomic E-state index is 2.54. The highest BCUT2D eigenvalue weighted by Gasteiger charge is 2.42. The second-order valence-corrected chi connectivity index (χ2v) is 5.17. The van der Waals surface area contributed by atoms with Crippen LogP contribution in [0.1, 0.15) is 32.6 Å². The lowest BCUT2D eigenvalue weighted by atomic mass is 9.91. The van der Waals surface area contributed by atoms with Crippen LogP contribution >= 0.6 is 22.9 Å². The minimum Gasteiger partial charge on any atom is -0.286 e. The monoisotopic (exact) mass is 280 g/mol. The van der Waals surface area contributed by atoms with Crippen LogP contribution in [0.5, 0.6) is 0 Å². The molecule has 0 amide bonds. The maximum Gasteiger partial charge on any atom is 0.0689 e. The third-order valence-corrected chi connectivity index (χ3v) is 5.00. The Bertz CT molecular complexity index is 156. The standard InChI is InChI=1S/C9H17IN2/c1-7-11(2)8-5-3-4-6-9(8)12(7)10/h7-9H,3-6H2,1-2H3. The first kappa shape index (κ1) is 9.21. The molecule has 0 aromatic rings. The van der Waals surface area contributed by atoms with Gasteiger partial charge in [-0.05, 0) is 26.8 Å². The van der Waals surface area contributed by atoms with Gasteiger partial charge < -0.3 is 0 Å². The van der Waals surface area contributed by atoms with Gasteiger partial charge in [-0.15, -0.1) is 0 Å². The zero-order chi connectivity index (χ0) is 8.72. The Hall–Kier alpha value is 0.650. The van der Waals surface area contributed by atoms with Crippen molar-refractivity contribution >= 4 is 22.9 Å². The van der Waals surface area contributed by atoms with Crippen LogP contribution in [0.3, 0.4) is 0 Å². The zero-order valence-electron chi connectivity index (χ0n) is 7.83. The molecule has 2 rings (SSSR count). The van der Waals surface area contributed by atoms with E-state index >= 15 is 0 Å². The fourth-order valence-electron chi connectivity index (χ4n) is 2.58. The normalized spacial score (nSPS) is 44.8. The molecule has 1 saturated heterocycles. The van der Waals surface area contributed by atoms with Crippen molar-refractivity contribution in [2.45, 2.75) is 50.9 Å². The van der Waals surface area contributed by atoms with Crippen molar-refractivity contribution < 1.29 is 0 Å². The number of halogens is 1. The fraction of sp³-hybridized carbons (Fsp3) is 1.00. The Morgan fingerprint density at radius 3 is 2.33 bits per heavy atom. The molecule has 12 heavy (non-hydrogen) atoms. The average Bonchev–Trinajstić information content (AvgIpc) is 2.33. The minimum absolute atomic E-state index is 0.638. The van der Waals surface area contributed by atoms with E-state index in [1.165, 1.54) is 25.7 Å². The molecule has 1 saturated carbocycles. The molecule has 3 heteroatoms. The summed E-state index contributed by atoms with van der Waals surface area (Å²) in [6, 6.07) is 1.67. The van der Waals surface area contributed by atoms with Gasteiger partial charge in [-0.25, -0.2) is 3.11 Å². The SMILES string of the molecule is CC1N(C)C2CCCCC2N1I. The molecular formula is C9H17IN2. The van der Waals surface area contributed by atoms with Crippen molar-refractivity contribution in [3.63, 3.8) is 0 Å². The predicted molar refractivity (Wildman–Crippen MR) is 59.1 cm³/mol. The molecule has 0 aromatic heterocycles. The van der Waals surface area contributed by atoms with Gasteiger partial charge in [0.15, 0.2) is 0 Å². The Morgan fingerprint density at radius 2 is 1.75 bits per heavy atom. The highest BCUT2D eigenvalue weighted by Crippen LogP contribution is 2.37. The molecule has 3 atom stereocenters. The molecule has 2 fully saturated rings. The smallest absolute Gasteiger partial charge is 0.0689 e. The van der Waals surface area contributed by atoms with Crippen molar-refractivity contribution in [3.8, 4) is 0 Å². The van der Waals surface area contributed by atoms with Crippen LogP contribution < -0.4 is 0 Å². The van der Waals surface area contributed by atoms with Crippen LogP contribution in [-0.2, 0) is 0 Å². The largest absolute Gasteiger partial charge is 0.286 e. The summed E-state index contributed by atoms with van der Waals surface area (Å²) in [6.45, 7) is 2.31. The summed E-state index contributed by atoms with van der Waals surface area (Å²) >= 11 is 2.50. The van der Waals surface area contributed by atoms with Gasteiger partial charge in [-0.1, -0.05) is 12.8 Å². The molecule has 0 radical (unpaired) electrons. The first-order chi connectivity index (χ1) is 5.72. The van der Waals surface area contributed by atoms with Crippen molar-refractivity contribution in [2.75, 3.05) is 7.05 Å². The van der Waals surface area contributed by atoms with Crippen LogP contribution in [0.15, 0.2) is 0 Å². The molecule has 1 heterocycles. The second-order valence-electron chi connectivity index (χ2n) is 4.06. The van der Waals surface area contributed by atoms with E-state index in [1.54, 1.807) is 0 Å². The number of hydrogen-bond donors (Lipinski definition) is 0. The first-order valence-electron chi connectivity index (χ1n) is 4.88. The van der Waals surface area contributed by atoms with Crippen LogP contribution in [0, 0.1) is 0 Å². The van der Waals surface area contributed by atoms with Crippen molar-refractivity contribution in [1.82, 2.24) is 8.01 Å². The van der Waals surface area contributed by atoms with Gasteiger partial charge in [0.2, 0.25) is 0 Å². The minimum atomic E-state index is 0.638. The molecule has 1 aliphatic carbocycles. The Labute approximate surface area is 88.8 Å². The third kappa shape index (κ3) is 1.30. The second kappa shape index (κ2) is 3.42. The summed E-state index contributed by atoms with van der Waals surface area (Å²) < 4.78 is 2.52. The topological polar surface area (TPSA) is 6.48 Å². The van der Waals surface area contributed by atoms with Gasteiger partial charge in [-0.3, -0.25) is 4.90 Å². The summed E-state index contributed by atoms with van der Waals surface area (Å²) in [5, 5.41) is 0. The summed E-state index contributed by atoms with van der Waals surface area (Å²) in [5.74, 6) is 0. The van der Waals surface area contributed by atoms with E-state index in [4.69, 9.17) is 0 Å². The van der Waals surface area contributed by atoms with Crippen molar-refractivity contribution in [1.29, 1.82) is 0 Å². The van der Waals surface area contributed by atoms with Crippen LogP contribution in [0.4, 0.5) is 0 Å². The Kier molecular flexibility index (Phi) is 2.63. The highest BCUT2D eigenvalue weighted by atomic mass is 127. The van der Waals surface area contributed by atoms with E-state index in [9.17, 15) is 0 Å². The van der Waals surface area contributed by atoms with Gasteiger partial charge in [0.05, 0.1) is 6.17 Å².